The van der Waals surface area contributed by atoms with Crippen LogP contribution < -0.4 is 4.90 Å². The standard InChI is InChI=1S/C17H15N3O4/c1-3-9-20(16-18-10-14(15(21)22)12(2)19-16)17(23)24-11-13-7-5-4-6-8-13/h1,4-8,10H,9,11H2,2H3,(H,21,22). The zero-order valence-electron chi connectivity index (χ0n) is 13.0. The van der Waals surface area contributed by atoms with Gasteiger partial charge in [-0.25, -0.2) is 24.5 Å². The second-order valence-corrected chi connectivity index (χ2v) is 4.80. The van der Waals surface area contributed by atoms with E-state index in [9.17, 15) is 9.59 Å². The van der Waals surface area contributed by atoms with E-state index < -0.39 is 12.1 Å². The molecular formula is C17H15N3O4. The van der Waals surface area contributed by atoms with Crippen LogP contribution in [0.1, 0.15) is 21.6 Å². The monoisotopic (exact) mass is 325 g/mol. The third kappa shape index (κ3) is 4.08. The maximum Gasteiger partial charge on any atom is 0.417 e. The van der Waals surface area contributed by atoms with Crippen LogP contribution in [-0.2, 0) is 11.3 Å². The van der Waals surface area contributed by atoms with Crippen LogP contribution in [0.4, 0.5) is 10.7 Å². The number of carbonyl (C=O) groups is 2. The molecule has 0 bridgehead atoms. The molecule has 7 nitrogen and oxygen atoms in total. The van der Waals surface area contributed by atoms with Crippen LogP contribution in [0.25, 0.3) is 0 Å². The number of carbonyl (C=O) groups excluding carboxylic acids is 1. The number of terminal acetylenes is 1. The van der Waals surface area contributed by atoms with Gasteiger partial charge in [-0.3, -0.25) is 0 Å². The molecule has 0 aliphatic carbocycles. The molecule has 0 spiro atoms. The Morgan fingerprint density at radius 2 is 2.04 bits per heavy atom. The molecule has 0 fully saturated rings. The summed E-state index contributed by atoms with van der Waals surface area (Å²) >= 11 is 0. The summed E-state index contributed by atoms with van der Waals surface area (Å²) in [6, 6.07) is 9.16. The molecule has 0 aliphatic heterocycles. The molecule has 1 aromatic carbocycles. The van der Waals surface area contributed by atoms with Gasteiger partial charge in [0.15, 0.2) is 0 Å². The van der Waals surface area contributed by atoms with Crippen LogP contribution in [0.3, 0.4) is 0 Å². The number of amides is 1. The van der Waals surface area contributed by atoms with Gasteiger partial charge in [0.25, 0.3) is 0 Å². The number of hydrogen-bond acceptors (Lipinski definition) is 5. The number of anilines is 1. The molecule has 2 aromatic rings. The van der Waals surface area contributed by atoms with Crippen LogP contribution in [0, 0.1) is 19.3 Å². The highest BCUT2D eigenvalue weighted by atomic mass is 16.6. The van der Waals surface area contributed by atoms with E-state index in [1.807, 2.05) is 30.3 Å². The lowest BCUT2D eigenvalue weighted by Gasteiger charge is -2.18. The molecule has 122 valence electrons. The van der Waals surface area contributed by atoms with Crippen molar-refractivity contribution in [2.24, 2.45) is 0 Å². The Balaban J connectivity index is 2.16. The van der Waals surface area contributed by atoms with Crippen molar-refractivity contribution >= 4 is 18.0 Å². The molecule has 7 heteroatoms. The van der Waals surface area contributed by atoms with Crippen molar-refractivity contribution in [2.75, 3.05) is 11.4 Å². The van der Waals surface area contributed by atoms with Gasteiger partial charge in [-0.1, -0.05) is 36.3 Å². The van der Waals surface area contributed by atoms with E-state index in [4.69, 9.17) is 16.3 Å². The number of hydrogen-bond donors (Lipinski definition) is 1. The first-order valence-corrected chi connectivity index (χ1v) is 7.01. The van der Waals surface area contributed by atoms with E-state index in [-0.39, 0.29) is 30.4 Å². The number of nitrogens with zero attached hydrogens (tertiary/aromatic N) is 3. The molecule has 1 amide bonds. The quantitative estimate of drug-likeness (QED) is 0.848. The fourth-order valence-corrected chi connectivity index (χ4v) is 1.90. The molecule has 1 aromatic heterocycles. The van der Waals surface area contributed by atoms with Crippen LogP contribution in [-0.4, -0.2) is 33.7 Å². The summed E-state index contributed by atoms with van der Waals surface area (Å²) < 4.78 is 5.21. The van der Waals surface area contributed by atoms with E-state index in [1.165, 1.54) is 6.92 Å². The van der Waals surface area contributed by atoms with Crippen molar-refractivity contribution in [1.82, 2.24) is 9.97 Å². The van der Waals surface area contributed by atoms with Crippen LogP contribution >= 0.6 is 0 Å². The highest BCUT2D eigenvalue weighted by Gasteiger charge is 2.21. The molecule has 24 heavy (non-hydrogen) atoms. The summed E-state index contributed by atoms with van der Waals surface area (Å²) in [5.41, 5.74) is 1.01. The Hall–Kier alpha value is -3.40. The minimum absolute atomic E-state index is 0.00601. The molecule has 0 saturated heterocycles. The van der Waals surface area contributed by atoms with Crippen LogP contribution in [0.5, 0.6) is 0 Å². The van der Waals surface area contributed by atoms with Gasteiger partial charge in [-0.2, -0.15) is 0 Å². The van der Waals surface area contributed by atoms with Crippen molar-refractivity contribution in [2.45, 2.75) is 13.5 Å². The number of aromatic nitrogens is 2. The van der Waals surface area contributed by atoms with Crippen molar-refractivity contribution in [3.05, 3.63) is 53.3 Å². The highest BCUT2D eigenvalue weighted by molar-refractivity contribution is 5.89. The topological polar surface area (TPSA) is 92.6 Å². The Morgan fingerprint density at radius 3 is 2.62 bits per heavy atom. The van der Waals surface area contributed by atoms with Crippen molar-refractivity contribution in [1.29, 1.82) is 0 Å². The number of carboxylic acids is 1. The minimum Gasteiger partial charge on any atom is -0.478 e. The number of benzene rings is 1. The minimum atomic E-state index is -1.14. The van der Waals surface area contributed by atoms with Gasteiger partial charge in [-0.15, -0.1) is 6.42 Å². The molecule has 1 N–H and O–H groups in total. The number of ether oxygens (including phenoxy) is 1. The van der Waals surface area contributed by atoms with Gasteiger partial charge in [0.1, 0.15) is 6.61 Å². The highest BCUT2D eigenvalue weighted by Crippen LogP contribution is 2.13. The predicted octanol–water partition coefficient (Wildman–Crippen LogP) is 2.26. The second-order valence-electron chi connectivity index (χ2n) is 4.80. The van der Waals surface area contributed by atoms with Crippen LogP contribution in [0.2, 0.25) is 0 Å². The fourth-order valence-electron chi connectivity index (χ4n) is 1.90. The molecule has 1 heterocycles. The lowest BCUT2D eigenvalue weighted by atomic mass is 10.2. The van der Waals surface area contributed by atoms with Crippen LogP contribution in [0.15, 0.2) is 36.5 Å². The summed E-state index contributed by atoms with van der Waals surface area (Å²) in [6.07, 6.45) is 5.70. The van der Waals surface area contributed by atoms with Crippen molar-refractivity contribution in [3.8, 4) is 12.3 Å². The van der Waals surface area contributed by atoms with Crippen molar-refractivity contribution < 1.29 is 19.4 Å². The summed E-state index contributed by atoms with van der Waals surface area (Å²) in [5.74, 6) is 1.18. The zero-order valence-corrected chi connectivity index (χ0v) is 13.0. The first-order valence-electron chi connectivity index (χ1n) is 7.01. The van der Waals surface area contributed by atoms with E-state index in [0.29, 0.717) is 0 Å². The Morgan fingerprint density at radius 1 is 1.33 bits per heavy atom. The van der Waals surface area contributed by atoms with E-state index in [2.05, 4.69) is 15.9 Å². The predicted molar refractivity (Wildman–Crippen MR) is 86.5 cm³/mol. The largest absolute Gasteiger partial charge is 0.478 e. The molecule has 2 rings (SSSR count). The van der Waals surface area contributed by atoms with E-state index in [1.54, 1.807) is 0 Å². The van der Waals surface area contributed by atoms with Gasteiger partial charge < -0.3 is 9.84 Å². The van der Waals surface area contributed by atoms with Gasteiger partial charge in [0, 0.05) is 6.20 Å². The molecule has 0 saturated carbocycles. The van der Waals surface area contributed by atoms with Gasteiger partial charge in [0.2, 0.25) is 5.95 Å². The van der Waals surface area contributed by atoms with Gasteiger partial charge in [-0.05, 0) is 12.5 Å². The average Bonchev–Trinajstić information content (AvgIpc) is 2.58. The average molecular weight is 325 g/mol. The molecular weight excluding hydrogens is 310 g/mol. The molecule has 0 atom stereocenters. The third-order valence-electron chi connectivity index (χ3n) is 3.11. The SMILES string of the molecule is C#CCN(C(=O)OCc1ccccc1)c1ncc(C(=O)O)c(C)n1. The number of aryl methyl sites for hydroxylation is 1. The van der Waals surface area contributed by atoms with E-state index in [0.717, 1.165) is 16.7 Å². The lowest BCUT2D eigenvalue weighted by molar-refractivity contribution is 0.0695. The number of aromatic carboxylic acids is 1. The Kier molecular flexibility index (Phi) is 5.47. The summed E-state index contributed by atoms with van der Waals surface area (Å²) in [7, 11) is 0. The zero-order chi connectivity index (χ0) is 17.5. The Labute approximate surface area is 138 Å². The van der Waals surface area contributed by atoms with E-state index >= 15 is 0 Å². The number of carboxylic acid groups (broad SMARTS) is 1. The lowest BCUT2D eigenvalue weighted by Crippen LogP contribution is -2.33. The maximum absolute atomic E-state index is 12.2. The third-order valence-corrected chi connectivity index (χ3v) is 3.11. The summed E-state index contributed by atoms with van der Waals surface area (Å²) in [6.45, 7) is 1.49. The van der Waals surface area contributed by atoms with Gasteiger partial charge in [0.05, 0.1) is 17.8 Å². The smallest absolute Gasteiger partial charge is 0.417 e. The first kappa shape index (κ1) is 17.0. The summed E-state index contributed by atoms with van der Waals surface area (Å²) in [4.78, 5) is 32.2. The molecule has 0 radical (unpaired) electrons. The van der Waals surface area contributed by atoms with Gasteiger partial charge >= 0.3 is 12.1 Å². The molecule has 0 unspecified atom stereocenters. The van der Waals surface area contributed by atoms with Crippen molar-refractivity contribution in [3.63, 3.8) is 0 Å². The maximum atomic E-state index is 12.2. The number of rotatable bonds is 5. The fraction of sp³-hybridized carbons (Fsp3) is 0.176. The molecule has 0 aliphatic rings. The summed E-state index contributed by atoms with van der Waals surface area (Å²) in [5, 5.41) is 9.00. The Bertz CT molecular complexity index is 784. The second kappa shape index (κ2) is 7.74. The normalized spacial score (nSPS) is 9.83. The first-order chi connectivity index (χ1) is 11.5.